The van der Waals surface area contributed by atoms with Crippen molar-refractivity contribution < 1.29 is 27.8 Å². The second-order valence-corrected chi connectivity index (χ2v) is 8.50. The van der Waals surface area contributed by atoms with E-state index in [1.54, 1.807) is 11.3 Å². The number of aryl methyl sites for hydroxylation is 1. The number of hydrogen-bond donors (Lipinski definition) is 1. The van der Waals surface area contributed by atoms with Gasteiger partial charge in [-0.2, -0.15) is 13.2 Å². The van der Waals surface area contributed by atoms with Gasteiger partial charge in [0.05, 0.1) is 18.8 Å². The minimum absolute atomic E-state index is 0.0172. The van der Waals surface area contributed by atoms with Gasteiger partial charge in [-0.15, -0.1) is 11.3 Å². The molecule has 0 aromatic carbocycles. The maximum atomic E-state index is 10.6. The Morgan fingerprint density at radius 1 is 1.23 bits per heavy atom. The van der Waals surface area contributed by atoms with Gasteiger partial charge >= 0.3 is 12.1 Å². The van der Waals surface area contributed by atoms with Crippen molar-refractivity contribution in [2.75, 3.05) is 37.7 Å². The number of morpholine rings is 1. The Kier molecular flexibility index (Phi) is 7.44. The molecule has 4 rings (SSSR count). The number of carboxylic acids is 1. The van der Waals surface area contributed by atoms with E-state index in [4.69, 9.17) is 14.6 Å². The van der Waals surface area contributed by atoms with Crippen molar-refractivity contribution in [3.05, 3.63) is 34.5 Å². The fraction of sp³-hybridized carbons (Fsp3) is 0.579. The molecule has 1 N–H and O–H groups in total. The molecule has 2 aliphatic rings. The van der Waals surface area contributed by atoms with Crippen LogP contribution in [0.1, 0.15) is 23.4 Å². The van der Waals surface area contributed by atoms with Crippen LogP contribution in [0.4, 0.5) is 19.1 Å². The number of alkyl halides is 3. The van der Waals surface area contributed by atoms with E-state index < -0.39 is 12.1 Å². The Bertz CT molecular complexity index is 840. The van der Waals surface area contributed by atoms with Crippen LogP contribution in [0.2, 0.25) is 0 Å². The normalized spacial score (nSPS) is 19.0. The summed E-state index contributed by atoms with van der Waals surface area (Å²) in [6, 6.07) is 0. The van der Waals surface area contributed by atoms with E-state index in [9.17, 15) is 13.2 Å². The first kappa shape index (κ1) is 23.4. The molecule has 8 nitrogen and oxygen atoms in total. The maximum Gasteiger partial charge on any atom is 0.490 e. The van der Waals surface area contributed by atoms with Crippen LogP contribution >= 0.6 is 11.3 Å². The monoisotopic (exact) mass is 459 g/mol. The molecule has 170 valence electrons. The number of carboxylic acid groups (broad SMARTS) is 1. The minimum atomic E-state index is -5.08. The Hall–Kier alpha value is -2.31. The fourth-order valence-corrected chi connectivity index (χ4v) is 4.20. The van der Waals surface area contributed by atoms with E-state index in [0.717, 1.165) is 63.7 Å². The number of rotatable bonds is 3. The molecule has 0 amide bonds. The highest BCUT2D eigenvalue weighted by atomic mass is 32.1. The summed E-state index contributed by atoms with van der Waals surface area (Å²) in [6.07, 6.45) is 2.63. The minimum Gasteiger partial charge on any atom is -0.475 e. The average molecular weight is 459 g/mol. The summed E-state index contributed by atoms with van der Waals surface area (Å²) in [5.74, 6) is -1.92. The Labute approximate surface area is 181 Å². The van der Waals surface area contributed by atoms with Crippen molar-refractivity contribution in [2.24, 2.45) is 0 Å². The molecule has 0 aliphatic carbocycles. The highest BCUT2D eigenvalue weighted by Crippen LogP contribution is 2.32. The lowest BCUT2D eigenvalue weighted by atomic mass is 9.89. The molecule has 0 bridgehead atoms. The fourth-order valence-electron chi connectivity index (χ4n) is 3.55. The molecule has 2 fully saturated rings. The average Bonchev–Trinajstić information content (AvgIpc) is 3.22. The standard InChI is InChI=1S/C17H23N5OS.C2HF3O2/c1-14-10-19-16(20-11-14)22-5-2-17(3-6-22)13-21(7-8-23-17)12-15-18-4-9-24-15;3-2(4,5)1(6)7/h4,9-11H,2-3,5-8,12-13H2,1H3;(H,6,7). The summed E-state index contributed by atoms with van der Waals surface area (Å²) >= 11 is 1.73. The molecule has 4 heterocycles. The third kappa shape index (κ3) is 6.58. The number of piperidine rings is 1. The number of hydrogen-bond acceptors (Lipinski definition) is 8. The number of thiazole rings is 1. The molecule has 0 unspecified atom stereocenters. The van der Waals surface area contributed by atoms with Crippen LogP contribution < -0.4 is 4.90 Å². The first-order valence-electron chi connectivity index (χ1n) is 9.75. The molecule has 31 heavy (non-hydrogen) atoms. The summed E-state index contributed by atoms with van der Waals surface area (Å²) in [4.78, 5) is 27.0. The molecule has 0 saturated carbocycles. The molecule has 0 radical (unpaired) electrons. The van der Waals surface area contributed by atoms with Crippen LogP contribution in [0.3, 0.4) is 0 Å². The Balaban J connectivity index is 0.000000339. The second kappa shape index (κ2) is 9.88. The van der Waals surface area contributed by atoms with E-state index in [1.165, 1.54) is 5.01 Å². The third-order valence-electron chi connectivity index (χ3n) is 5.14. The highest BCUT2D eigenvalue weighted by molar-refractivity contribution is 7.09. The Morgan fingerprint density at radius 3 is 2.42 bits per heavy atom. The predicted molar refractivity (Wildman–Crippen MR) is 108 cm³/mol. The lowest BCUT2D eigenvalue weighted by Gasteiger charge is -2.47. The third-order valence-corrected chi connectivity index (χ3v) is 5.90. The number of anilines is 1. The number of aliphatic carboxylic acids is 1. The molecule has 2 aliphatic heterocycles. The molecular weight excluding hydrogens is 435 g/mol. The number of halogens is 3. The van der Waals surface area contributed by atoms with E-state index in [-0.39, 0.29) is 5.60 Å². The van der Waals surface area contributed by atoms with Crippen LogP contribution in [-0.2, 0) is 16.1 Å². The van der Waals surface area contributed by atoms with Gasteiger partial charge in [0, 0.05) is 50.1 Å². The molecule has 12 heteroatoms. The largest absolute Gasteiger partial charge is 0.490 e. The van der Waals surface area contributed by atoms with Crippen LogP contribution in [0.25, 0.3) is 0 Å². The molecule has 0 atom stereocenters. The second-order valence-electron chi connectivity index (χ2n) is 7.52. The quantitative estimate of drug-likeness (QED) is 0.749. The lowest BCUT2D eigenvalue weighted by molar-refractivity contribution is -0.192. The lowest BCUT2D eigenvalue weighted by Crippen LogP contribution is -2.56. The predicted octanol–water partition coefficient (Wildman–Crippen LogP) is 2.75. The summed E-state index contributed by atoms with van der Waals surface area (Å²) in [6.45, 7) is 7.66. The topological polar surface area (TPSA) is 91.7 Å². The van der Waals surface area contributed by atoms with Gasteiger partial charge in [-0.1, -0.05) is 0 Å². The van der Waals surface area contributed by atoms with Gasteiger partial charge in [0.1, 0.15) is 5.01 Å². The van der Waals surface area contributed by atoms with Crippen LogP contribution in [0, 0.1) is 6.92 Å². The zero-order chi connectivity index (χ0) is 22.5. The van der Waals surface area contributed by atoms with Gasteiger partial charge in [0.25, 0.3) is 0 Å². The van der Waals surface area contributed by atoms with Gasteiger partial charge in [-0.05, 0) is 25.3 Å². The van der Waals surface area contributed by atoms with Crippen LogP contribution in [0.5, 0.6) is 0 Å². The van der Waals surface area contributed by atoms with Gasteiger partial charge < -0.3 is 14.7 Å². The van der Waals surface area contributed by atoms with Crippen LogP contribution in [0.15, 0.2) is 24.0 Å². The number of aromatic nitrogens is 3. The molecule has 2 aromatic rings. The van der Waals surface area contributed by atoms with Crippen molar-refractivity contribution in [1.82, 2.24) is 19.9 Å². The summed E-state index contributed by atoms with van der Waals surface area (Å²) in [5, 5.41) is 10.4. The SMILES string of the molecule is Cc1cnc(N2CCC3(CC2)CN(Cc2nccs2)CCO3)nc1.O=C(O)C(F)(F)F. The number of carbonyl (C=O) groups is 1. The zero-order valence-corrected chi connectivity index (χ0v) is 17.8. The molecule has 2 aromatic heterocycles. The number of nitrogens with zero attached hydrogens (tertiary/aromatic N) is 5. The molecular formula is C19H24F3N5O3S. The van der Waals surface area contributed by atoms with Gasteiger partial charge in [-0.25, -0.2) is 19.7 Å². The number of ether oxygens (including phenoxy) is 1. The maximum absolute atomic E-state index is 10.6. The van der Waals surface area contributed by atoms with E-state index in [1.807, 2.05) is 30.9 Å². The zero-order valence-electron chi connectivity index (χ0n) is 17.0. The van der Waals surface area contributed by atoms with E-state index in [2.05, 4.69) is 24.8 Å². The highest BCUT2D eigenvalue weighted by Gasteiger charge is 2.40. The molecule has 1 spiro atoms. The first-order valence-corrected chi connectivity index (χ1v) is 10.6. The van der Waals surface area contributed by atoms with Crippen molar-refractivity contribution in [2.45, 2.75) is 38.1 Å². The van der Waals surface area contributed by atoms with Crippen LogP contribution in [-0.4, -0.2) is 75.5 Å². The first-order chi connectivity index (χ1) is 14.7. The van der Waals surface area contributed by atoms with Crippen molar-refractivity contribution in [3.63, 3.8) is 0 Å². The summed E-state index contributed by atoms with van der Waals surface area (Å²) in [7, 11) is 0. The van der Waals surface area contributed by atoms with E-state index >= 15 is 0 Å². The van der Waals surface area contributed by atoms with Gasteiger partial charge in [0.2, 0.25) is 5.95 Å². The van der Waals surface area contributed by atoms with Crippen molar-refractivity contribution in [1.29, 1.82) is 0 Å². The smallest absolute Gasteiger partial charge is 0.475 e. The Morgan fingerprint density at radius 2 is 1.87 bits per heavy atom. The van der Waals surface area contributed by atoms with E-state index in [0.29, 0.717) is 0 Å². The van der Waals surface area contributed by atoms with Gasteiger partial charge in [0.15, 0.2) is 0 Å². The van der Waals surface area contributed by atoms with Crippen molar-refractivity contribution in [3.8, 4) is 0 Å². The van der Waals surface area contributed by atoms with Gasteiger partial charge in [-0.3, -0.25) is 4.90 Å². The summed E-state index contributed by atoms with van der Waals surface area (Å²) in [5.41, 5.74) is 1.08. The molecule has 2 saturated heterocycles. The summed E-state index contributed by atoms with van der Waals surface area (Å²) < 4.78 is 38.0. The van der Waals surface area contributed by atoms with Crippen molar-refractivity contribution >= 4 is 23.3 Å².